The van der Waals surface area contributed by atoms with Gasteiger partial charge in [0, 0.05) is 29.2 Å². The monoisotopic (exact) mass is 422 g/mol. The number of halogens is 1. The lowest BCUT2D eigenvalue weighted by Crippen LogP contribution is -2.42. The Balaban J connectivity index is 2.15. The van der Waals surface area contributed by atoms with Gasteiger partial charge in [-0.1, -0.05) is 37.6 Å². The molecule has 2 rings (SSSR count). The summed E-state index contributed by atoms with van der Waals surface area (Å²) in [6.45, 7) is 8.31. The van der Waals surface area contributed by atoms with Gasteiger partial charge in [0.25, 0.3) is 5.91 Å². The Labute approximate surface area is 172 Å². The fraction of sp³-hybridized carbons (Fsp3) is 0.381. The number of rotatable bonds is 8. The number of hydrogen-bond donors (Lipinski definition) is 1. The molecule has 28 heavy (non-hydrogen) atoms. The summed E-state index contributed by atoms with van der Waals surface area (Å²) in [4.78, 5) is 12.6. The van der Waals surface area contributed by atoms with Gasteiger partial charge in [-0.15, -0.1) is 0 Å². The van der Waals surface area contributed by atoms with E-state index in [1.54, 1.807) is 43.3 Å². The number of sulfonamides is 1. The molecule has 0 saturated heterocycles. The van der Waals surface area contributed by atoms with Crippen molar-refractivity contribution >= 4 is 27.5 Å². The van der Waals surface area contributed by atoms with Crippen molar-refractivity contribution in [1.82, 2.24) is 9.62 Å². The minimum Gasteiger partial charge on any atom is -0.347 e. The van der Waals surface area contributed by atoms with Crippen molar-refractivity contribution in [3.63, 3.8) is 0 Å². The number of carbonyl (C=O) groups excluding carboxylic acids is 1. The van der Waals surface area contributed by atoms with Crippen molar-refractivity contribution in [3.8, 4) is 0 Å². The molecule has 1 N–H and O–H groups in total. The Morgan fingerprint density at radius 1 is 1.04 bits per heavy atom. The Kier molecular flexibility index (Phi) is 7.26. The highest BCUT2D eigenvalue weighted by Crippen LogP contribution is 2.20. The van der Waals surface area contributed by atoms with Crippen molar-refractivity contribution in [2.75, 3.05) is 6.54 Å². The SMILES string of the molecule is CCN(Cc1ccc(C(=O)NC(C)(C)CC)cc1)S(=O)(=O)c1ccc(Cl)cc1. The average Bonchev–Trinajstić information content (AvgIpc) is 2.66. The molecule has 0 aliphatic rings. The smallest absolute Gasteiger partial charge is 0.251 e. The molecular formula is C21H27ClN2O3S. The Morgan fingerprint density at radius 3 is 2.11 bits per heavy atom. The molecular weight excluding hydrogens is 396 g/mol. The van der Waals surface area contributed by atoms with Crippen LogP contribution in [0.2, 0.25) is 5.02 Å². The molecule has 0 atom stereocenters. The van der Waals surface area contributed by atoms with Crippen LogP contribution in [0.5, 0.6) is 0 Å². The largest absolute Gasteiger partial charge is 0.347 e. The first-order valence-electron chi connectivity index (χ1n) is 9.26. The van der Waals surface area contributed by atoms with Gasteiger partial charge >= 0.3 is 0 Å². The zero-order valence-corrected chi connectivity index (χ0v) is 18.3. The summed E-state index contributed by atoms with van der Waals surface area (Å²) in [5, 5.41) is 3.48. The molecule has 0 unspecified atom stereocenters. The van der Waals surface area contributed by atoms with Gasteiger partial charge in [-0.2, -0.15) is 4.31 Å². The van der Waals surface area contributed by atoms with E-state index in [-0.39, 0.29) is 22.9 Å². The molecule has 0 aliphatic carbocycles. The van der Waals surface area contributed by atoms with Crippen molar-refractivity contribution in [2.45, 2.75) is 51.1 Å². The molecule has 0 heterocycles. The lowest BCUT2D eigenvalue weighted by molar-refractivity contribution is 0.0911. The maximum atomic E-state index is 12.9. The van der Waals surface area contributed by atoms with Gasteiger partial charge in [0.2, 0.25) is 10.0 Å². The predicted octanol–water partition coefficient (Wildman–Crippen LogP) is 4.47. The van der Waals surface area contributed by atoms with Gasteiger partial charge in [0.05, 0.1) is 4.90 Å². The van der Waals surface area contributed by atoms with E-state index in [1.165, 1.54) is 16.4 Å². The van der Waals surface area contributed by atoms with Crippen molar-refractivity contribution in [1.29, 1.82) is 0 Å². The van der Waals surface area contributed by atoms with Gasteiger partial charge in [0.15, 0.2) is 0 Å². The van der Waals surface area contributed by atoms with E-state index in [0.29, 0.717) is 17.1 Å². The van der Waals surface area contributed by atoms with Crippen LogP contribution in [-0.4, -0.2) is 30.7 Å². The first-order chi connectivity index (χ1) is 13.1. The molecule has 1 amide bonds. The van der Waals surface area contributed by atoms with E-state index < -0.39 is 10.0 Å². The molecule has 0 bridgehead atoms. The van der Waals surface area contributed by atoms with Crippen LogP contribution in [0.1, 0.15) is 50.0 Å². The molecule has 0 fully saturated rings. The van der Waals surface area contributed by atoms with Gasteiger partial charge in [0.1, 0.15) is 0 Å². The van der Waals surface area contributed by atoms with E-state index in [4.69, 9.17) is 11.6 Å². The van der Waals surface area contributed by atoms with Crippen LogP contribution in [0.25, 0.3) is 0 Å². The van der Waals surface area contributed by atoms with Crippen LogP contribution >= 0.6 is 11.6 Å². The zero-order valence-electron chi connectivity index (χ0n) is 16.7. The van der Waals surface area contributed by atoms with E-state index >= 15 is 0 Å². The van der Waals surface area contributed by atoms with Crippen LogP contribution in [0.3, 0.4) is 0 Å². The Morgan fingerprint density at radius 2 is 1.61 bits per heavy atom. The summed E-state index contributed by atoms with van der Waals surface area (Å²) in [5.74, 6) is -0.139. The van der Waals surface area contributed by atoms with E-state index in [1.807, 2.05) is 20.8 Å². The molecule has 0 aliphatic heterocycles. The predicted molar refractivity (Wildman–Crippen MR) is 113 cm³/mol. The lowest BCUT2D eigenvalue weighted by atomic mass is 10.0. The number of carbonyl (C=O) groups is 1. The number of benzene rings is 2. The maximum absolute atomic E-state index is 12.9. The lowest BCUT2D eigenvalue weighted by Gasteiger charge is -2.24. The normalized spacial score (nSPS) is 12.2. The molecule has 0 saturated carbocycles. The third kappa shape index (κ3) is 5.56. The maximum Gasteiger partial charge on any atom is 0.251 e. The minimum atomic E-state index is -3.62. The second kappa shape index (κ2) is 9.07. The van der Waals surface area contributed by atoms with Crippen molar-refractivity contribution in [3.05, 3.63) is 64.7 Å². The number of nitrogens with zero attached hydrogens (tertiary/aromatic N) is 1. The number of amides is 1. The molecule has 2 aromatic rings. The van der Waals surface area contributed by atoms with Gasteiger partial charge in [-0.25, -0.2) is 8.42 Å². The van der Waals surface area contributed by atoms with E-state index in [9.17, 15) is 13.2 Å². The third-order valence-electron chi connectivity index (χ3n) is 4.71. The minimum absolute atomic E-state index is 0.139. The second-order valence-electron chi connectivity index (χ2n) is 7.27. The average molecular weight is 423 g/mol. The zero-order chi connectivity index (χ0) is 20.9. The van der Waals surface area contributed by atoms with E-state index in [0.717, 1.165) is 12.0 Å². The number of nitrogens with one attached hydrogen (secondary N) is 1. The molecule has 0 spiro atoms. The van der Waals surface area contributed by atoms with Crippen molar-refractivity contribution < 1.29 is 13.2 Å². The fourth-order valence-electron chi connectivity index (χ4n) is 2.56. The summed E-state index contributed by atoms with van der Waals surface area (Å²) in [5.41, 5.74) is 1.08. The van der Waals surface area contributed by atoms with Crippen LogP contribution in [0, 0.1) is 0 Å². The molecule has 0 radical (unpaired) electrons. The highest BCUT2D eigenvalue weighted by molar-refractivity contribution is 7.89. The summed E-state index contributed by atoms with van der Waals surface area (Å²) >= 11 is 5.85. The quantitative estimate of drug-likeness (QED) is 0.682. The second-order valence-corrected chi connectivity index (χ2v) is 9.65. The van der Waals surface area contributed by atoms with Crippen LogP contribution in [0.15, 0.2) is 53.4 Å². The summed E-state index contributed by atoms with van der Waals surface area (Å²) in [7, 11) is -3.62. The third-order valence-corrected chi connectivity index (χ3v) is 6.90. The highest BCUT2D eigenvalue weighted by atomic mass is 35.5. The molecule has 7 heteroatoms. The van der Waals surface area contributed by atoms with Crippen LogP contribution in [-0.2, 0) is 16.6 Å². The summed E-state index contributed by atoms with van der Waals surface area (Å²) in [6, 6.07) is 13.1. The standard InChI is InChI=1S/C21H27ClN2O3S/c1-5-21(3,4)23-20(25)17-9-7-16(8-10-17)15-24(6-2)28(26,27)19-13-11-18(22)12-14-19/h7-14H,5-6,15H2,1-4H3,(H,23,25). The molecule has 152 valence electrons. The molecule has 5 nitrogen and oxygen atoms in total. The summed E-state index contributed by atoms with van der Waals surface area (Å²) < 4.78 is 27.1. The molecule has 2 aromatic carbocycles. The molecule has 0 aromatic heterocycles. The first kappa shape index (κ1) is 22.4. The first-order valence-corrected chi connectivity index (χ1v) is 11.1. The van der Waals surface area contributed by atoms with Crippen LogP contribution in [0.4, 0.5) is 0 Å². The summed E-state index contributed by atoms with van der Waals surface area (Å²) in [6.07, 6.45) is 0.824. The number of hydrogen-bond acceptors (Lipinski definition) is 3. The van der Waals surface area contributed by atoms with Gasteiger partial charge in [-0.05, 0) is 62.2 Å². The van der Waals surface area contributed by atoms with Gasteiger partial charge in [-0.3, -0.25) is 4.79 Å². The van der Waals surface area contributed by atoms with Crippen molar-refractivity contribution in [2.24, 2.45) is 0 Å². The highest BCUT2D eigenvalue weighted by Gasteiger charge is 2.23. The van der Waals surface area contributed by atoms with Crippen LogP contribution < -0.4 is 5.32 Å². The fourth-order valence-corrected chi connectivity index (χ4v) is 4.12. The topological polar surface area (TPSA) is 66.5 Å². The van der Waals surface area contributed by atoms with Gasteiger partial charge < -0.3 is 5.32 Å². The Bertz CT molecular complexity index is 908. The van der Waals surface area contributed by atoms with E-state index in [2.05, 4.69) is 5.32 Å². The Hall–Kier alpha value is -1.89.